The molecule has 2 aromatic rings. The number of likely N-dealkylation sites (tertiary alicyclic amines) is 1. The van der Waals surface area contributed by atoms with Gasteiger partial charge in [-0.15, -0.1) is 0 Å². The van der Waals surface area contributed by atoms with Crippen LogP contribution in [0, 0.1) is 12.3 Å². The lowest BCUT2D eigenvalue weighted by Gasteiger charge is -2.54. The van der Waals surface area contributed by atoms with Crippen molar-refractivity contribution in [2.45, 2.75) is 38.6 Å². The fraction of sp³-hybridized carbons (Fsp3) is 0.500. The second-order valence-electron chi connectivity index (χ2n) is 7.68. The van der Waals surface area contributed by atoms with Gasteiger partial charge in [0.15, 0.2) is 0 Å². The van der Waals surface area contributed by atoms with Crippen LogP contribution in [0.25, 0.3) is 0 Å². The third-order valence-corrected chi connectivity index (χ3v) is 6.21. The first-order valence-electron chi connectivity index (χ1n) is 9.25. The highest BCUT2D eigenvalue weighted by Crippen LogP contribution is 2.49. The van der Waals surface area contributed by atoms with E-state index in [0.717, 1.165) is 38.8 Å². The van der Waals surface area contributed by atoms with E-state index in [1.165, 1.54) is 0 Å². The van der Waals surface area contributed by atoms with Crippen LogP contribution < -0.4 is 5.32 Å². The Hall–Kier alpha value is -2.50. The number of nitrogens with one attached hydrogen (secondary N) is 1. The Labute approximate surface area is 153 Å². The Morgan fingerprint density at radius 2 is 2.00 bits per heavy atom. The summed E-state index contributed by atoms with van der Waals surface area (Å²) in [5.41, 5.74) is 1.51. The number of nitrogens with zero attached hydrogens (tertiary/aromatic N) is 2. The Morgan fingerprint density at radius 1 is 1.23 bits per heavy atom. The van der Waals surface area contributed by atoms with E-state index in [1.54, 1.807) is 12.3 Å². The molecule has 1 N–H and O–H groups in total. The summed E-state index contributed by atoms with van der Waals surface area (Å²) in [6.45, 7) is 3.29. The largest absolute Gasteiger partial charge is 0.469 e. The average Bonchev–Trinajstić information content (AvgIpc) is 3.26. The number of aromatic nitrogens is 1. The molecule has 1 spiro atoms. The summed E-state index contributed by atoms with van der Waals surface area (Å²) in [4.78, 5) is 27.0. The van der Waals surface area contributed by atoms with Gasteiger partial charge in [0.1, 0.15) is 5.76 Å². The van der Waals surface area contributed by atoms with Crippen molar-refractivity contribution in [2.75, 3.05) is 13.1 Å². The Balaban J connectivity index is 1.37. The van der Waals surface area contributed by atoms with Gasteiger partial charge in [0.2, 0.25) is 0 Å². The fourth-order valence-electron chi connectivity index (χ4n) is 4.33. The third kappa shape index (κ3) is 2.83. The van der Waals surface area contributed by atoms with E-state index in [2.05, 4.69) is 5.32 Å². The normalized spacial score (nSPS) is 21.5. The van der Waals surface area contributed by atoms with Crippen LogP contribution in [0.3, 0.4) is 0 Å². The molecule has 3 heterocycles. The van der Waals surface area contributed by atoms with Gasteiger partial charge in [-0.3, -0.25) is 9.59 Å². The molecule has 1 saturated carbocycles. The van der Waals surface area contributed by atoms with E-state index in [-0.39, 0.29) is 23.3 Å². The van der Waals surface area contributed by atoms with E-state index in [4.69, 9.17) is 4.42 Å². The summed E-state index contributed by atoms with van der Waals surface area (Å²) in [6, 6.07) is 3.80. The quantitative estimate of drug-likeness (QED) is 0.920. The lowest BCUT2D eigenvalue weighted by molar-refractivity contribution is -0.00236. The highest BCUT2D eigenvalue weighted by molar-refractivity contribution is 5.95. The van der Waals surface area contributed by atoms with Crippen LogP contribution >= 0.6 is 0 Å². The molecule has 6 heteroatoms. The topological polar surface area (TPSA) is 67.5 Å². The minimum absolute atomic E-state index is 0.00204. The molecule has 0 unspecified atom stereocenters. The number of amides is 2. The maximum Gasteiger partial charge on any atom is 0.257 e. The fourth-order valence-corrected chi connectivity index (χ4v) is 4.33. The molecule has 138 valence electrons. The summed E-state index contributed by atoms with van der Waals surface area (Å²) >= 11 is 0. The van der Waals surface area contributed by atoms with Crippen molar-refractivity contribution in [1.82, 2.24) is 14.8 Å². The molecular weight excluding hydrogens is 330 g/mol. The highest BCUT2D eigenvalue weighted by Gasteiger charge is 2.49. The predicted molar refractivity (Wildman–Crippen MR) is 96.9 cm³/mol. The number of rotatable bonds is 3. The molecule has 1 aliphatic heterocycles. The van der Waals surface area contributed by atoms with Crippen molar-refractivity contribution in [2.24, 2.45) is 12.5 Å². The first kappa shape index (κ1) is 16.9. The van der Waals surface area contributed by atoms with Gasteiger partial charge >= 0.3 is 0 Å². The molecule has 2 amide bonds. The number of piperidine rings is 1. The zero-order valence-electron chi connectivity index (χ0n) is 15.3. The Morgan fingerprint density at radius 3 is 2.54 bits per heavy atom. The molecule has 2 fully saturated rings. The van der Waals surface area contributed by atoms with Crippen LogP contribution in [-0.2, 0) is 7.05 Å². The first-order chi connectivity index (χ1) is 12.5. The van der Waals surface area contributed by atoms with Gasteiger partial charge in [0.05, 0.1) is 17.4 Å². The first-order valence-corrected chi connectivity index (χ1v) is 9.25. The number of carbonyl (C=O) groups is 2. The number of carbonyl (C=O) groups excluding carboxylic acids is 2. The maximum atomic E-state index is 12.6. The van der Waals surface area contributed by atoms with Crippen LogP contribution in [0.1, 0.15) is 52.2 Å². The molecule has 6 nitrogen and oxygen atoms in total. The van der Waals surface area contributed by atoms with Crippen molar-refractivity contribution < 1.29 is 14.0 Å². The van der Waals surface area contributed by atoms with Crippen LogP contribution in [0.5, 0.6) is 0 Å². The van der Waals surface area contributed by atoms with Gasteiger partial charge in [-0.2, -0.15) is 0 Å². The zero-order chi connectivity index (χ0) is 18.3. The minimum atomic E-state index is 0.00204. The van der Waals surface area contributed by atoms with Crippen molar-refractivity contribution in [1.29, 1.82) is 0 Å². The van der Waals surface area contributed by atoms with Crippen molar-refractivity contribution >= 4 is 11.8 Å². The second-order valence-corrected chi connectivity index (χ2v) is 7.68. The van der Waals surface area contributed by atoms with Crippen LogP contribution in [0.4, 0.5) is 0 Å². The van der Waals surface area contributed by atoms with E-state index in [0.29, 0.717) is 16.9 Å². The van der Waals surface area contributed by atoms with Gasteiger partial charge in [-0.1, -0.05) is 0 Å². The molecule has 26 heavy (non-hydrogen) atoms. The third-order valence-electron chi connectivity index (χ3n) is 6.21. The van der Waals surface area contributed by atoms with Gasteiger partial charge in [-0.05, 0) is 50.2 Å². The smallest absolute Gasteiger partial charge is 0.257 e. The molecule has 2 aromatic heterocycles. The predicted octanol–water partition coefficient (Wildman–Crippen LogP) is 2.74. The Bertz CT molecular complexity index is 827. The molecular formula is C20H25N3O3. The summed E-state index contributed by atoms with van der Waals surface area (Å²) in [7, 11) is 1.91. The van der Waals surface area contributed by atoms with Gasteiger partial charge in [0.25, 0.3) is 11.8 Å². The van der Waals surface area contributed by atoms with Crippen LogP contribution in [0.15, 0.2) is 35.2 Å². The zero-order valence-corrected chi connectivity index (χ0v) is 15.3. The van der Waals surface area contributed by atoms with Gasteiger partial charge in [-0.25, -0.2) is 0 Å². The molecule has 1 saturated heterocycles. The molecule has 2 aliphatic rings. The van der Waals surface area contributed by atoms with Crippen LogP contribution in [-0.4, -0.2) is 40.4 Å². The monoisotopic (exact) mass is 355 g/mol. The second kappa shape index (κ2) is 6.34. The number of aryl methyl sites for hydroxylation is 2. The lowest BCUT2D eigenvalue weighted by Crippen LogP contribution is -2.59. The molecule has 4 rings (SSSR count). The van der Waals surface area contributed by atoms with E-state index < -0.39 is 0 Å². The number of furan rings is 1. The summed E-state index contributed by atoms with van der Waals surface area (Å²) in [5, 5.41) is 3.22. The van der Waals surface area contributed by atoms with Crippen molar-refractivity contribution in [3.8, 4) is 0 Å². The van der Waals surface area contributed by atoms with Crippen molar-refractivity contribution in [3.05, 3.63) is 47.7 Å². The highest BCUT2D eigenvalue weighted by atomic mass is 16.3. The molecule has 0 aromatic carbocycles. The van der Waals surface area contributed by atoms with E-state index >= 15 is 0 Å². The van der Waals surface area contributed by atoms with E-state index in [9.17, 15) is 9.59 Å². The molecule has 0 bridgehead atoms. The Kier molecular flexibility index (Phi) is 4.13. The van der Waals surface area contributed by atoms with Crippen LogP contribution in [0.2, 0.25) is 0 Å². The standard InChI is InChI=1S/C20H25N3O3/c1-14-16(5-12-26-14)19(25)23-10-7-20(8-11-23)6-3-17(20)21-18(24)15-4-9-22(2)13-15/h4-5,9,12-13,17H,3,6-8,10-11H2,1-2H3,(H,21,24)/t17-/m0/s1. The van der Waals surface area contributed by atoms with Gasteiger partial charge < -0.3 is 19.2 Å². The molecule has 1 atom stereocenters. The summed E-state index contributed by atoms with van der Waals surface area (Å²) < 4.78 is 7.14. The van der Waals surface area contributed by atoms with Crippen molar-refractivity contribution in [3.63, 3.8) is 0 Å². The SMILES string of the molecule is Cc1occc1C(=O)N1CCC2(CC[C@@H]2NC(=O)c2ccn(C)c2)CC1. The number of hydrogen-bond acceptors (Lipinski definition) is 3. The average molecular weight is 355 g/mol. The summed E-state index contributed by atoms with van der Waals surface area (Å²) in [6.07, 6.45) is 9.31. The number of hydrogen-bond donors (Lipinski definition) is 1. The maximum absolute atomic E-state index is 12.6. The summed E-state index contributed by atoms with van der Waals surface area (Å²) in [5.74, 6) is 0.726. The lowest BCUT2D eigenvalue weighted by atomic mass is 9.59. The van der Waals surface area contributed by atoms with Gasteiger partial charge in [0, 0.05) is 38.6 Å². The molecule has 1 aliphatic carbocycles. The minimum Gasteiger partial charge on any atom is -0.469 e. The molecule has 0 radical (unpaired) electrons. The van der Waals surface area contributed by atoms with E-state index in [1.807, 2.05) is 41.9 Å².